The van der Waals surface area contributed by atoms with Crippen molar-refractivity contribution in [1.29, 1.82) is 0 Å². The first kappa shape index (κ1) is 23.2. The smallest absolute Gasteiger partial charge is 0.261 e. The van der Waals surface area contributed by atoms with E-state index >= 15 is 0 Å². The van der Waals surface area contributed by atoms with Gasteiger partial charge in [0.25, 0.3) is 15.9 Å². The van der Waals surface area contributed by atoms with Gasteiger partial charge in [0.2, 0.25) is 10.0 Å². The largest absolute Gasteiger partial charge is 0.348 e. The van der Waals surface area contributed by atoms with E-state index in [-0.39, 0.29) is 22.7 Å². The van der Waals surface area contributed by atoms with Crippen molar-refractivity contribution in [3.63, 3.8) is 0 Å². The highest BCUT2D eigenvalue weighted by Gasteiger charge is 2.17. The molecule has 3 N–H and O–H groups in total. The molecule has 0 aliphatic carbocycles. The van der Waals surface area contributed by atoms with E-state index < -0.39 is 31.8 Å². The fraction of sp³-hybridized carbons (Fsp3) is 0.0952. The van der Waals surface area contributed by atoms with Crippen molar-refractivity contribution < 1.29 is 26.0 Å². The summed E-state index contributed by atoms with van der Waals surface area (Å²) < 4.78 is 66.0. The molecule has 0 bridgehead atoms. The molecule has 0 fully saturated rings. The molecule has 0 spiro atoms. The van der Waals surface area contributed by atoms with Crippen LogP contribution in [-0.4, -0.2) is 29.0 Å². The Kier molecular flexibility index (Phi) is 6.80. The van der Waals surface area contributed by atoms with Crippen LogP contribution in [0.2, 0.25) is 0 Å². The molecule has 0 aromatic heterocycles. The number of carbonyl (C=O) groups excluding carboxylic acids is 1. The van der Waals surface area contributed by atoms with Gasteiger partial charge >= 0.3 is 0 Å². The van der Waals surface area contributed by atoms with Crippen LogP contribution >= 0.6 is 0 Å². The molecule has 0 atom stereocenters. The summed E-state index contributed by atoms with van der Waals surface area (Å²) in [5.41, 5.74) is 1.14. The molecule has 0 saturated heterocycles. The number of nitrogens with one attached hydrogen (secondary N) is 3. The summed E-state index contributed by atoms with van der Waals surface area (Å²) in [6.45, 7) is 0.0162. The molecule has 3 aromatic carbocycles. The number of hydrogen-bond acceptors (Lipinski definition) is 5. The topological polar surface area (TPSA) is 121 Å². The lowest BCUT2D eigenvalue weighted by molar-refractivity contribution is 0.0951. The number of sulfonamides is 2. The zero-order valence-corrected chi connectivity index (χ0v) is 18.5. The molecule has 0 aliphatic heterocycles. The van der Waals surface area contributed by atoms with Crippen LogP contribution in [-0.2, 0) is 26.6 Å². The minimum atomic E-state index is -4.01. The number of anilines is 2. The highest BCUT2D eigenvalue weighted by atomic mass is 32.2. The van der Waals surface area contributed by atoms with Gasteiger partial charge in [-0.25, -0.2) is 21.2 Å². The van der Waals surface area contributed by atoms with Crippen molar-refractivity contribution in [2.75, 3.05) is 15.7 Å². The summed E-state index contributed by atoms with van der Waals surface area (Å²) in [6.07, 6.45) is 1.02. The maximum absolute atomic E-state index is 13.0. The highest BCUT2D eigenvalue weighted by molar-refractivity contribution is 7.92. The van der Waals surface area contributed by atoms with Crippen molar-refractivity contribution in [3.05, 3.63) is 89.7 Å². The maximum atomic E-state index is 13.0. The molecule has 3 aromatic rings. The highest BCUT2D eigenvalue weighted by Crippen LogP contribution is 2.19. The first-order valence-electron chi connectivity index (χ1n) is 9.26. The zero-order valence-electron chi connectivity index (χ0n) is 16.9. The van der Waals surface area contributed by atoms with Gasteiger partial charge in [-0.05, 0) is 54.1 Å². The Morgan fingerprint density at radius 2 is 1.56 bits per heavy atom. The van der Waals surface area contributed by atoms with Crippen molar-refractivity contribution in [3.8, 4) is 0 Å². The van der Waals surface area contributed by atoms with E-state index in [1.807, 2.05) is 0 Å². The Bertz CT molecular complexity index is 1340. The molecule has 11 heteroatoms. The van der Waals surface area contributed by atoms with Crippen LogP contribution in [0.3, 0.4) is 0 Å². The van der Waals surface area contributed by atoms with Crippen molar-refractivity contribution in [2.24, 2.45) is 0 Å². The Morgan fingerprint density at radius 3 is 2.25 bits per heavy atom. The lowest BCUT2D eigenvalue weighted by Gasteiger charge is -2.12. The van der Waals surface area contributed by atoms with Crippen LogP contribution in [0.25, 0.3) is 0 Å². The lowest BCUT2D eigenvalue weighted by Crippen LogP contribution is -2.24. The minimum absolute atomic E-state index is 0.0162. The zero-order chi connectivity index (χ0) is 23.4. The van der Waals surface area contributed by atoms with Gasteiger partial charge in [-0.3, -0.25) is 14.2 Å². The van der Waals surface area contributed by atoms with Crippen molar-refractivity contribution in [2.45, 2.75) is 11.4 Å². The Labute approximate surface area is 185 Å². The molecule has 0 unspecified atom stereocenters. The second kappa shape index (κ2) is 9.37. The number of hydrogen-bond donors (Lipinski definition) is 3. The van der Waals surface area contributed by atoms with Crippen LogP contribution in [0.1, 0.15) is 15.9 Å². The van der Waals surface area contributed by atoms with E-state index in [0.717, 1.165) is 18.4 Å². The maximum Gasteiger partial charge on any atom is 0.261 e. The molecule has 0 radical (unpaired) electrons. The number of carbonyl (C=O) groups is 1. The first-order chi connectivity index (χ1) is 15.0. The van der Waals surface area contributed by atoms with E-state index in [1.165, 1.54) is 36.4 Å². The molecule has 0 saturated carbocycles. The normalized spacial score (nSPS) is 11.6. The van der Waals surface area contributed by atoms with Crippen LogP contribution in [0.4, 0.5) is 15.8 Å². The Balaban J connectivity index is 1.74. The number of amides is 1. The van der Waals surface area contributed by atoms with Crippen LogP contribution in [0.5, 0.6) is 0 Å². The van der Waals surface area contributed by atoms with Crippen molar-refractivity contribution >= 4 is 37.3 Å². The minimum Gasteiger partial charge on any atom is -0.348 e. The SMILES string of the molecule is CS(=O)(=O)Nc1ccccc1CNC(=O)c1cccc(S(=O)(=O)Nc2ccc(F)cc2)c1. The quantitative estimate of drug-likeness (QED) is 0.461. The number of benzene rings is 3. The third-order valence-electron chi connectivity index (χ3n) is 4.26. The number of rotatable bonds is 8. The van der Waals surface area contributed by atoms with E-state index in [4.69, 9.17) is 0 Å². The average molecular weight is 478 g/mol. The third kappa shape index (κ3) is 6.28. The molecular weight excluding hydrogens is 457 g/mol. The van der Waals surface area contributed by atoms with Gasteiger partial charge < -0.3 is 5.32 Å². The average Bonchev–Trinajstić information content (AvgIpc) is 2.73. The summed E-state index contributed by atoms with van der Waals surface area (Å²) in [7, 11) is -7.50. The van der Waals surface area contributed by atoms with E-state index in [2.05, 4.69) is 14.8 Å². The monoisotopic (exact) mass is 477 g/mol. The molecule has 32 heavy (non-hydrogen) atoms. The summed E-state index contributed by atoms with van der Waals surface area (Å²) in [5.74, 6) is -1.04. The predicted molar refractivity (Wildman–Crippen MR) is 120 cm³/mol. The molecule has 1 amide bonds. The summed E-state index contributed by atoms with van der Waals surface area (Å²) in [4.78, 5) is 12.4. The second-order valence-corrected chi connectivity index (χ2v) is 10.3. The number of para-hydroxylation sites is 1. The fourth-order valence-electron chi connectivity index (χ4n) is 2.79. The van der Waals surface area contributed by atoms with Crippen molar-refractivity contribution in [1.82, 2.24) is 5.32 Å². The van der Waals surface area contributed by atoms with Crippen LogP contribution < -0.4 is 14.8 Å². The first-order valence-corrected chi connectivity index (χ1v) is 12.6. The van der Waals surface area contributed by atoms with Gasteiger partial charge in [-0.2, -0.15) is 0 Å². The van der Waals surface area contributed by atoms with Gasteiger partial charge in [-0.15, -0.1) is 0 Å². The van der Waals surface area contributed by atoms with Crippen LogP contribution in [0.15, 0.2) is 77.7 Å². The van der Waals surface area contributed by atoms with Gasteiger partial charge in [0, 0.05) is 17.8 Å². The lowest BCUT2D eigenvalue weighted by atomic mass is 10.1. The molecule has 168 valence electrons. The molecular formula is C21H20FN3O5S2. The van der Waals surface area contributed by atoms with Gasteiger partial charge in [0.05, 0.1) is 16.8 Å². The standard InChI is InChI=1S/C21H20FN3O5S2/c1-31(27,28)25-20-8-3-2-5-16(20)14-23-21(26)15-6-4-7-19(13-15)32(29,30)24-18-11-9-17(22)10-12-18/h2-13,24-25H,14H2,1H3,(H,23,26). The van der Waals surface area contributed by atoms with E-state index in [1.54, 1.807) is 24.3 Å². The molecule has 3 rings (SSSR count). The van der Waals surface area contributed by atoms with Gasteiger partial charge in [0.15, 0.2) is 0 Å². The third-order valence-corrected chi connectivity index (χ3v) is 6.22. The molecule has 0 aliphatic rings. The van der Waals surface area contributed by atoms with E-state index in [0.29, 0.717) is 11.3 Å². The second-order valence-electron chi connectivity index (χ2n) is 6.85. The Hall–Kier alpha value is -3.44. The summed E-state index contributed by atoms with van der Waals surface area (Å²) >= 11 is 0. The fourth-order valence-corrected chi connectivity index (χ4v) is 4.49. The van der Waals surface area contributed by atoms with Crippen LogP contribution in [0, 0.1) is 5.82 Å². The van der Waals surface area contributed by atoms with Gasteiger partial charge in [0.1, 0.15) is 5.82 Å². The number of halogens is 1. The molecule has 8 nitrogen and oxygen atoms in total. The Morgan fingerprint density at radius 1 is 0.875 bits per heavy atom. The van der Waals surface area contributed by atoms with Gasteiger partial charge in [-0.1, -0.05) is 24.3 Å². The van der Waals surface area contributed by atoms with E-state index in [9.17, 15) is 26.0 Å². The summed E-state index contributed by atoms with van der Waals surface area (Å²) in [6, 6.07) is 16.8. The predicted octanol–water partition coefficient (Wildman–Crippen LogP) is 2.93. The molecule has 0 heterocycles. The summed E-state index contributed by atoms with van der Waals surface area (Å²) in [5, 5.41) is 2.65.